The van der Waals surface area contributed by atoms with E-state index in [1.807, 2.05) is 0 Å². The van der Waals surface area contributed by atoms with Crippen molar-refractivity contribution in [3.8, 4) is 11.8 Å². The van der Waals surface area contributed by atoms with Gasteiger partial charge in [0.25, 0.3) is 0 Å². The zero-order chi connectivity index (χ0) is 14.9. The molecule has 0 saturated heterocycles. The second-order valence-corrected chi connectivity index (χ2v) is 7.00. The first kappa shape index (κ1) is 14.4. The minimum absolute atomic E-state index is 0.145. The van der Waals surface area contributed by atoms with E-state index >= 15 is 0 Å². The maximum absolute atomic E-state index is 9.72. The SMILES string of the molecule is CCC1CCC(C#N)(CC2Cc3cc(C)ccc3O2)CC1. The Labute approximate surface area is 128 Å². The van der Waals surface area contributed by atoms with Crippen LogP contribution < -0.4 is 4.74 Å². The third-order valence-electron chi connectivity index (χ3n) is 5.45. The molecular weight excluding hydrogens is 258 g/mol. The highest BCUT2D eigenvalue weighted by molar-refractivity contribution is 5.40. The summed E-state index contributed by atoms with van der Waals surface area (Å²) in [5.74, 6) is 1.86. The molecule has 1 aliphatic heterocycles. The van der Waals surface area contributed by atoms with Gasteiger partial charge < -0.3 is 4.74 Å². The molecule has 0 spiro atoms. The molecule has 1 unspecified atom stereocenters. The molecule has 3 rings (SSSR count). The second kappa shape index (κ2) is 5.72. The lowest BCUT2D eigenvalue weighted by atomic mass is 9.68. The Morgan fingerprint density at radius 3 is 2.76 bits per heavy atom. The predicted molar refractivity (Wildman–Crippen MR) is 84.2 cm³/mol. The molecule has 2 aliphatic rings. The number of aryl methyl sites for hydroxylation is 1. The third kappa shape index (κ3) is 2.93. The monoisotopic (exact) mass is 283 g/mol. The largest absolute Gasteiger partial charge is 0.490 e. The second-order valence-electron chi connectivity index (χ2n) is 7.00. The number of nitrogens with zero attached hydrogens (tertiary/aromatic N) is 1. The van der Waals surface area contributed by atoms with E-state index in [0.29, 0.717) is 0 Å². The van der Waals surface area contributed by atoms with Gasteiger partial charge in [-0.3, -0.25) is 0 Å². The Hall–Kier alpha value is -1.49. The van der Waals surface area contributed by atoms with Gasteiger partial charge in [0.2, 0.25) is 0 Å². The molecule has 1 atom stereocenters. The van der Waals surface area contributed by atoms with Crippen LogP contribution >= 0.6 is 0 Å². The van der Waals surface area contributed by atoms with Crippen LogP contribution in [0.5, 0.6) is 5.75 Å². The number of nitriles is 1. The van der Waals surface area contributed by atoms with Crippen molar-refractivity contribution in [3.63, 3.8) is 0 Å². The van der Waals surface area contributed by atoms with Crippen molar-refractivity contribution in [1.29, 1.82) is 5.26 Å². The Kier molecular flexibility index (Phi) is 3.93. The Balaban J connectivity index is 1.66. The van der Waals surface area contributed by atoms with Crippen LogP contribution in [0.3, 0.4) is 0 Å². The lowest BCUT2D eigenvalue weighted by molar-refractivity contribution is 0.120. The molecule has 1 aromatic rings. The normalized spacial score (nSPS) is 31.3. The average Bonchev–Trinajstić information content (AvgIpc) is 2.89. The van der Waals surface area contributed by atoms with Crippen molar-refractivity contribution in [3.05, 3.63) is 29.3 Å². The molecule has 0 bridgehead atoms. The quantitative estimate of drug-likeness (QED) is 0.798. The summed E-state index contributed by atoms with van der Waals surface area (Å²) in [6.07, 6.45) is 7.84. The molecule has 112 valence electrons. The molecule has 1 aromatic carbocycles. The van der Waals surface area contributed by atoms with Crippen LogP contribution in [-0.4, -0.2) is 6.10 Å². The van der Waals surface area contributed by atoms with E-state index in [4.69, 9.17) is 4.74 Å². The fraction of sp³-hybridized carbons (Fsp3) is 0.632. The molecule has 1 heterocycles. The van der Waals surface area contributed by atoms with Crippen LogP contribution in [0.25, 0.3) is 0 Å². The minimum Gasteiger partial charge on any atom is -0.490 e. The van der Waals surface area contributed by atoms with Gasteiger partial charge in [-0.2, -0.15) is 5.26 Å². The van der Waals surface area contributed by atoms with Crippen molar-refractivity contribution in [2.75, 3.05) is 0 Å². The highest BCUT2D eigenvalue weighted by Crippen LogP contribution is 2.45. The fourth-order valence-electron chi connectivity index (χ4n) is 4.00. The van der Waals surface area contributed by atoms with Gasteiger partial charge in [-0.05, 0) is 50.2 Å². The minimum atomic E-state index is -0.145. The number of hydrogen-bond donors (Lipinski definition) is 0. The zero-order valence-electron chi connectivity index (χ0n) is 13.2. The van der Waals surface area contributed by atoms with Crippen molar-refractivity contribution in [2.45, 2.75) is 64.9 Å². The Bertz CT molecular complexity index is 549. The Morgan fingerprint density at radius 2 is 2.10 bits per heavy atom. The smallest absolute Gasteiger partial charge is 0.123 e. The van der Waals surface area contributed by atoms with E-state index in [2.05, 4.69) is 38.1 Å². The summed E-state index contributed by atoms with van der Waals surface area (Å²) < 4.78 is 6.09. The van der Waals surface area contributed by atoms with Crippen molar-refractivity contribution in [2.24, 2.45) is 11.3 Å². The van der Waals surface area contributed by atoms with Crippen LogP contribution in [-0.2, 0) is 6.42 Å². The van der Waals surface area contributed by atoms with E-state index in [0.717, 1.165) is 37.4 Å². The third-order valence-corrected chi connectivity index (χ3v) is 5.45. The summed E-state index contributed by atoms with van der Waals surface area (Å²) in [5.41, 5.74) is 2.46. The van der Waals surface area contributed by atoms with Gasteiger partial charge in [0, 0.05) is 12.8 Å². The summed E-state index contributed by atoms with van der Waals surface area (Å²) >= 11 is 0. The van der Waals surface area contributed by atoms with Gasteiger partial charge in [0.1, 0.15) is 11.9 Å². The van der Waals surface area contributed by atoms with E-state index in [1.165, 1.54) is 30.4 Å². The van der Waals surface area contributed by atoms with Gasteiger partial charge >= 0.3 is 0 Å². The van der Waals surface area contributed by atoms with Crippen LogP contribution in [0.15, 0.2) is 18.2 Å². The van der Waals surface area contributed by atoms with Gasteiger partial charge in [0.05, 0.1) is 11.5 Å². The van der Waals surface area contributed by atoms with Crippen LogP contribution in [0.4, 0.5) is 0 Å². The molecule has 21 heavy (non-hydrogen) atoms. The summed E-state index contributed by atoms with van der Waals surface area (Å²) in [7, 11) is 0. The molecule has 2 nitrogen and oxygen atoms in total. The molecule has 0 aromatic heterocycles. The van der Waals surface area contributed by atoms with Crippen LogP contribution in [0, 0.1) is 29.6 Å². The first-order valence-electron chi connectivity index (χ1n) is 8.31. The van der Waals surface area contributed by atoms with Crippen molar-refractivity contribution < 1.29 is 4.74 Å². The van der Waals surface area contributed by atoms with Gasteiger partial charge in [0.15, 0.2) is 0 Å². The standard InChI is InChI=1S/C19H25NO/c1-3-15-6-8-19(13-20,9-7-15)12-17-11-16-10-14(2)4-5-18(16)21-17/h4-5,10,15,17H,3,6-9,11-12H2,1-2H3. The van der Waals surface area contributed by atoms with E-state index < -0.39 is 0 Å². The molecule has 0 amide bonds. The summed E-state index contributed by atoms with van der Waals surface area (Å²) in [6.45, 7) is 4.39. The molecule has 1 fully saturated rings. The highest BCUT2D eigenvalue weighted by atomic mass is 16.5. The summed E-state index contributed by atoms with van der Waals surface area (Å²) in [6, 6.07) is 9.06. The number of benzene rings is 1. The molecule has 1 saturated carbocycles. The predicted octanol–water partition coefficient (Wildman–Crippen LogP) is 4.80. The molecule has 1 aliphatic carbocycles. The number of rotatable bonds is 3. The molecule has 0 radical (unpaired) electrons. The maximum Gasteiger partial charge on any atom is 0.123 e. The molecular formula is C19H25NO. The van der Waals surface area contributed by atoms with Gasteiger partial charge in [-0.1, -0.05) is 31.0 Å². The van der Waals surface area contributed by atoms with Gasteiger partial charge in [-0.15, -0.1) is 0 Å². The Morgan fingerprint density at radius 1 is 1.33 bits per heavy atom. The van der Waals surface area contributed by atoms with E-state index in [9.17, 15) is 5.26 Å². The first-order chi connectivity index (χ1) is 10.1. The number of ether oxygens (including phenoxy) is 1. The molecule has 2 heteroatoms. The molecule has 0 N–H and O–H groups in total. The highest BCUT2D eigenvalue weighted by Gasteiger charge is 2.39. The van der Waals surface area contributed by atoms with E-state index in [1.54, 1.807) is 0 Å². The van der Waals surface area contributed by atoms with Crippen molar-refractivity contribution in [1.82, 2.24) is 0 Å². The average molecular weight is 283 g/mol. The van der Waals surface area contributed by atoms with E-state index in [-0.39, 0.29) is 11.5 Å². The fourth-order valence-corrected chi connectivity index (χ4v) is 4.00. The van der Waals surface area contributed by atoms with Crippen molar-refractivity contribution >= 4 is 0 Å². The van der Waals surface area contributed by atoms with Crippen LogP contribution in [0.2, 0.25) is 0 Å². The number of fused-ring (bicyclic) bond motifs is 1. The van der Waals surface area contributed by atoms with Gasteiger partial charge in [-0.25, -0.2) is 0 Å². The summed E-state index contributed by atoms with van der Waals surface area (Å²) in [4.78, 5) is 0. The topological polar surface area (TPSA) is 33.0 Å². The summed E-state index contributed by atoms with van der Waals surface area (Å²) in [5, 5.41) is 9.72. The first-order valence-corrected chi connectivity index (χ1v) is 8.31. The maximum atomic E-state index is 9.72. The number of hydrogen-bond acceptors (Lipinski definition) is 2. The van der Waals surface area contributed by atoms with Crippen LogP contribution in [0.1, 0.15) is 56.6 Å². The zero-order valence-corrected chi connectivity index (χ0v) is 13.2. The lowest BCUT2D eigenvalue weighted by Gasteiger charge is -2.36. The lowest BCUT2D eigenvalue weighted by Crippen LogP contribution is -2.32.